The standard InChI is InChI=1S/C27H38N4O5S/c1-3-28-26(32)20-6-5-12-30(17-20)27(33)19-7-8-24-22(16-19)23-18-29(21-10-14-36-15-11-21)13-9-25(23)31(24)37(34,35)4-2/h7-8,16,20-21H,3-6,9-15,17-18H2,1-2H3,(H,28,32)/t20-/m0/s1. The fourth-order valence-corrected chi connectivity index (χ4v) is 7.41. The second-order valence-corrected chi connectivity index (χ2v) is 12.5. The van der Waals surface area contributed by atoms with Crippen molar-refractivity contribution in [3.63, 3.8) is 0 Å². The third-order valence-electron chi connectivity index (χ3n) is 8.16. The molecular weight excluding hydrogens is 492 g/mol. The Labute approximate surface area is 219 Å². The van der Waals surface area contributed by atoms with Gasteiger partial charge in [-0.15, -0.1) is 0 Å². The lowest BCUT2D eigenvalue weighted by Gasteiger charge is -2.37. The molecule has 3 aliphatic rings. The molecule has 202 valence electrons. The first-order valence-corrected chi connectivity index (χ1v) is 15.2. The maximum absolute atomic E-state index is 13.6. The molecule has 0 spiro atoms. The second kappa shape index (κ2) is 10.7. The molecule has 1 aromatic carbocycles. The normalized spacial score (nSPS) is 21.7. The van der Waals surface area contributed by atoms with Crippen molar-refractivity contribution in [3.8, 4) is 0 Å². The van der Waals surface area contributed by atoms with Gasteiger partial charge in [-0.2, -0.15) is 0 Å². The van der Waals surface area contributed by atoms with Gasteiger partial charge in [-0.1, -0.05) is 0 Å². The molecule has 1 aromatic heterocycles. The van der Waals surface area contributed by atoms with E-state index in [2.05, 4.69) is 10.2 Å². The van der Waals surface area contributed by atoms with Gasteiger partial charge < -0.3 is 15.0 Å². The average molecular weight is 531 g/mol. The Morgan fingerprint density at radius 3 is 2.62 bits per heavy atom. The number of fused-ring (bicyclic) bond motifs is 3. The molecule has 4 heterocycles. The fourth-order valence-electron chi connectivity index (χ4n) is 6.16. The summed E-state index contributed by atoms with van der Waals surface area (Å²) in [6, 6.07) is 5.83. The van der Waals surface area contributed by atoms with Crippen LogP contribution in [0.3, 0.4) is 0 Å². The summed E-state index contributed by atoms with van der Waals surface area (Å²) in [6.45, 7) is 8.16. The Morgan fingerprint density at radius 1 is 1.11 bits per heavy atom. The van der Waals surface area contributed by atoms with Gasteiger partial charge in [0.15, 0.2) is 0 Å². The first-order chi connectivity index (χ1) is 17.8. The van der Waals surface area contributed by atoms with Gasteiger partial charge in [0, 0.05) is 75.0 Å². The number of carbonyl (C=O) groups excluding carboxylic acids is 2. The predicted octanol–water partition coefficient (Wildman–Crippen LogP) is 2.36. The number of likely N-dealkylation sites (tertiary alicyclic amines) is 1. The van der Waals surface area contributed by atoms with Gasteiger partial charge in [0.2, 0.25) is 15.9 Å². The number of nitrogens with one attached hydrogen (secondary N) is 1. The lowest BCUT2D eigenvalue weighted by atomic mass is 9.96. The van der Waals surface area contributed by atoms with Crippen molar-refractivity contribution in [2.45, 2.75) is 58.5 Å². The topological polar surface area (TPSA) is 101 Å². The van der Waals surface area contributed by atoms with Gasteiger partial charge in [0.25, 0.3) is 5.91 Å². The van der Waals surface area contributed by atoms with Gasteiger partial charge in [-0.3, -0.25) is 14.5 Å². The van der Waals surface area contributed by atoms with Crippen molar-refractivity contribution in [3.05, 3.63) is 35.0 Å². The van der Waals surface area contributed by atoms with Crippen LogP contribution in [-0.2, 0) is 32.5 Å². The van der Waals surface area contributed by atoms with Crippen LogP contribution in [0.25, 0.3) is 10.9 Å². The quantitative estimate of drug-likeness (QED) is 0.616. The van der Waals surface area contributed by atoms with E-state index >= 15 is 0 Å². The molecule has 1 atom stereocenters. The number of rotatable bonds is 6. The smallest absolute Gasteiger partial charge is 0.253 e. The molecule has 10 heteroatoms. The van der Waals surface area contributed by atoms with E-state index in [0.29, 0.717) is 49.7 Å². The van der Waals surface area contributed by atoms with Crippen molar-refractivity contribution in [1.82, 2.24) is 19.1 Å². The molecule has 2 saturated heterocycles. The monoisotopic (exact) mass is 530 g/mol. The summed E-state index contributed by atoms with van der Waals surface area (Å²) in [5.74, 6) is -0.284. The Balaban J connectivity index is 1.50. The highest BCUT2D eigenvalue weighted by Crippen LogP contribution is 2.35. The molecule has 2 fully saturated rings. The number of ether oxygens (including phenoxy) is 1. The largest absolute Gasteiger partial charge is 0.381 e. The number of hydrogen-bond donors (Lipinski definition) is 1. The Bertz CT molecular complexity index is 1280. The van der Waals surface area contributed by atoms with Crippen LogP contribution < -0.4 is 5.32 Å². The van der Waals surface area contributed by atoms with Gasteiger partial charge in [0.1, 0.15) is 0 Å². The molecule has 9 nitrogen and oxygen atoms in total. The minimum Gasteiger partial charge on any atom is -0.381 e. The van der Waals surface area contributed by atoms with E-state index in [0.717, 1.165) is 62.1 Å². The number of piperidine rings is 1. The highest BCUT2D eigenvalue weighted by atomic mass is 32.2. The van der Waals surface area contributed by atoms with Gasteiger partial charge in [0.05, 0.1) is 17.2 Å². The average Bonchev–Trinajstić information content (AvgIpc) is 3.27. The maximum atomic E-state index is 13.6. The summed E-state index contributed by atoms with van der Waals surface area (Å²) in [6.07, 6.45) is 4.18. The molecule has 0 bridgehead atoms. The number of amides is 2. The van der Waals surface area contributed by atoms with Crippen LogP contribution in [0.1, 0.15) is 61.1 Å². The van der Waals surface area contributed by atoms with Gasteiger partial charge >= 0.3 is 0 Å². The van der Waals surface area contributed by atoms with Crippen LogP contribution in [0.15, 0.2) is 18.2 Å². The number of aromatic nitrogens is 1. The molecule has 0 saturated carbocycles. The van der Waals surface area contributed by atoms with Crippen molar-refractivity contribution in [2.75, 3.05) is 45.1 Å². The van der Waals surface area contributed by atoms with Crippen LogP contribution in [0.4, 0.5) is 0 Å². The summed E-state index contributed by atoms with van der Waals surface area (Å²) < 4.78 is 33.4. The van der Waals surface area contributed by atoms with E-state index < -0.39 is 10.0 Å². The molecular formula is C27H38N4O5S. The van der Waals surface area contributed by atoms with Crippen LogP contribution in [0.5, 0.6) is 0 Å². The van der Waals surface area contributed by atoms with Crippen LogP contribution >= 0.6 is 0 Å². The zero-order valence-electron chi connectivity index (χ0n) is 21.9. The third-order valence-corrected chi connectivity index (χ3v) is 9.86. The predicted molar refractivity (Wildman–Crippen MR) is 142 cm³/mol. The first kappa shape index (κ1) is 26.2. The summed E-state index contributed by atoms with van der Waals surface area (Å²) in [4.78, 5) is 30.2. The Hall–Kier alpha value is -2.43. The number of carbonyl (C=O) groups is 2. The highest BCUT2D eigenvalue weighted by molar-refractivity contribution is 7.90. The number of benzene rings is 1. The third kappa shape index (κ3) is 5.03. The lowest BCUT2D eigenvalue weighted by molar-refractivity contribution is -0.126. The van der Waals surface area contributed by atoms with E-state index in [1.807, 2.05) is 13.0 Å². The SMILES string of the molecule is CCNC(=O)[C@H]1CCCN(C(=O)c2ccc3c(c2)c2c(n3S(=O)(=O)CC)CCN(C3CCOCC3)C2)C1. The zero-order chi connectivity index (χ0) is 26.2. The lowest BCUT2D eigenvalue weighted by Crippen LogP contribution is -2.45. The van der Waals surface area contributed by atoms with E-state index in [1.165, 1.54) is 3.97 Å². The molecule has 5 rings (SSSR count). The minimum atomic E-state index is -3.50. The van der Waals surface area contributed by atoms with Crippen LogP contribution in [0.2, 0.25) is 0 Å². The molecule has 37 heavy (non-hydrogen) atoms. The summed E-state index contributed by atoms with van der Waals surface area (Å²) >= 11 is 0. The first-order valence-electron chi connectivity index (χ1n) is 13.6. The minimum absolute atomic E-state index is 0.000394. The summed E-state index contributed by atoms with van der Waals surface area (Å²) in [5, 5.41) is 3.72. The van der Waals surface area contributed by atoms with Crippen LogP contribution in [-0.4, -0.2) is 85.2 Å². The van der Waals surface area contributed by atoms with E-state index in [4.69, 9.17) is 4.74 Å². The van der Waals surface area contributed by atoms with Crippen LogP contribution in [0, 0.1) is 5.92 Å². The Kier molecular flexibility index (Phi) is 7.60. The second-order valence-electron chi connectivity index (χ2n) is 10.4. The summed E-state index contributed by atoms with van der Waals surface area (Å²) in [7, 11) is -3.50. The molecule has 1 N–H and O–H groups in total. The van der Waals surface area contributed by atoms with Gasteiger partial charge in [-0.05, 0) is 63.3 Å². The molecule has 0 unspecified atom stereocenters. The van der Waals surface area contributed by atoms with Crippen molar-refractivity contribution >= 4 is 32.7 Å². The van der Waals surface area contributed by atoms with Gasteiger partial charge in [-0.25, -0.2) is 12.4 Å². The Morgan fingerprint density at radius 2 is 1.89 bits per heavy atom. The fraction of sp³-hybridized carbons (Fsp3) is 0.630. The maximum Gasteiger partial charge on any atom is 0.253 e. The van der Waals surface area contributed by atoms with Crippen molar-refractivity contribution in [1.29, 1.82) is 0 Å². The molecule has 2 amide bonds. The molecule has 3 aliphatic heterocycles. The number of hydrogen-bond acceptors (Lipinski definition) is 6. The summed E-state index contributed by atoms with van der Waals surface area (Å²) in [5.41, 5.74) is 3.05. The number of nitrogens with zero attached hydrogens (tertiary/aromatic N) is 3. The molecule has 0 radical (unpaired) electrons. The van der Waals surface area contributed by atoms with E-state index in [1.54, 1.807) is 24.0 Å². The van der Waals surface area contributed by atoms with Crippen molar-refractivity contribution < 1.29 is 22.7 Å². The highest BCUT2D eigenvalue weighted by Gasteiger charge is 2.33. The van der Waals surface area contributed by atoms with E-state index in [9.17, 15) is 18.0 Å². The molecule has 0 aliphatic carbocycles. The van der Waals surface area contributed by atoms with E-state index in [-0.39, 0.29) is 23.5 Å². The van der Waals surface area contributed by atoms with Crippen molar-refractivity contribution in [2.24, 2.45) is 5.92 Å². The zero-order valence-corrected chi connectivity index (χ0v) is 22.7. The molecule has 2 aromatic rings.